The van der Waals surface area contributed by atoms with Crippen LogP contribution in [0.25, 0.3) is 0 Å². The molecule has 0 aliphatic rings. The number of ether oxygens (including phenoxy) is 1. The first-order chi connectivity index (χ1) is 45.0. The molecule has 0 aliphatic heterocycles. The Hall–Kier alpha value is -1.66. The molecule has 2 atom stereocenters. The molecule has 6 nitrogen and oxygen atoms in total. The summed E-state index contributed by atoms with van der Waals surface area (Å²) in [6.07, 6.45) is 104. The number of aliphatic hydroxyl groups is 2. The van der Waals surface area contributed by atoms with Crippen LogP contribution < -0.4 is 5.32 Å². The maximum absolute atomic E-state index is 12.6. The van der Waals surface area contributed by atoms with Crippen LogP contribution in [0.1, 0.15) is 483 Å². The molecule has 91 heavy (non-hydrogen) atoms. The second kappa shape index (κ2) is 80.8. The Morgan fingerprint density at radius 3 is 0.780 bits per heavy atom. The fourth-order valence-corrected chi connectivity index (χ4v) is 13.6. The summed E-state index contributed by atoms with van der Waals surface area (Å²) in [4.78, 5) is 24.7. The van der Waals surface area contributed by atoms with Crippen LogP contribution in [0.4, 0.5) is 0 Å². The van der Waals surface area contributed by atoms with Gasteiger partial charge >= 0.3 is 5.97 Å². The summed E-state index contributed by atoms with van der Waals surface area (Å²) >= 11 is 0. The van der Waals surface area contributed by atoms with E-state index < -0.39 is 12.1 Å². The zero-order valence-corrected chi connectivity index (χ0v) is 62.1. The van der Waals surface area contributed by atoms with Crippen LogP contribution in [0.15, 0.2) is 24.3 Å². The first-order valence-electron chi connectivity index (χ1n) is 42.1. The summed E-state index contributed by atoms with van der Waals surface area (Å²) in [6.45, 7) is 5.00. The van der Waals surface area contributed by atoms with E-state index in [-0.39, 0.29) is 18.5 Å². The summed E-state index contributed by atoms with van der Waals surface area (Å²) in [5, 5.41) is 23.5. The third kappa shape index (κ3) is 77.2. The van der Waals surface area contributed by atoms with Crippen molar-refractivity contribution in [2.75, 3.05) is 13.2 Å². The average molecular weight is 1280 g/mol. The Kier molecular flexibility index (Phi) is 79.3. The Balaban J connectivity index is 3.35. The van der Waals surface area contributed by atoms with E-state index in [1.165, 1.54) is 405 Å². The van der Waals surface area contributed by atoms with Gasteiger partial charge in [0.15, 0.2) is 0 Å². The van der Waals surface area contributed by atoms with Gasteiger partial charge in [0.05, 0.1) is 25.4 Å². The minimum Gasteiger partial charge on any atom is -0.466 e. The molecule has 0 aliphatic carbocycles. The molecular formula is C85H165NO5. The summed E-state index contributed by atoms with van der Waals surface area (Å²) in [6, 6.07) is -0.541. The molecule has 2 unspecified atom stereocenters. The Bertz CT molecular complexity index is 1430. The maximum atomic E-state index is 12.6. The van der Waals surface area contributed by atoms with Crippen molar-refractivity contribution in [2.24, 2.45) is 0 Å². The molecule has 0 rings (SSSR count). The fourth-order valence-electron chi connectivity index (χ4n) is 13.6. The fraction of sp³-hybridized carbons (Fsp3) is 0.929. The highest BCUT2D eigenvalue weighted by Gasteiger charge is 2.20. The van der Waals surface area contributed by atoms with Crippen LogP contribution in [0.5, 0.6) is 0 Å². The van der Waals surface area contributed by atoms with Crippen molar-refractivity contribution in [1.82, 2.24) is 5.32 Å². The Morgan fingerprint density at radius 1 is 0.297 bits per heavy atom. The first-order valence-corrected chi connectivity index (χ1v) is 42.1. The highest BCUT2D eigenvalue weighted by Crippen LogP contribution is 2.20. The Morgan fingerprint density at radius 2 is 0.516 bits per heavy atom. The van der Waals surface area contributed by atoms with Gasteiger partial charge in [0.2, 0.25) is 5.91 Å². The number of unbranched alkanes of at least 4 members (excludes halogenated alkanes) is 65. The molecule has 0 aromatic carbocycles. The SMILES string of the molecule is CCCCCCCCC/C=C\CCCCCCCC(=O)OCCCCCCCCCCCCCC/C=C\CCCCCCCCCCCCCCCCCCCC(=O)NC(CO)C(O)CCCCCCCCCCCCCCCCCCCCCCCCCCC. The van der Waals surface area contributed by atoms with E-state index in [4.69, 9.17) is 4.74 Å². The van der Waals surface area contributed by atoms with Crippen molar-refractivity contribution in [3.05, 3.63) is 24.3 Å². The number of rotatable bonds is 80. The van der Waals surface area contributed by atoms with Gasteiger partial charge in [0.1, 0.15) is 0 Å². The van der Waals surface area contributed by atoms with E-state index >= 15 is 0 Å². The summed E-state index contributed by atoms with van der Waals surface area (Å²) < 4.78 is 5.50. The van der Waals surface area contributed by atoms with Crippen molar-refractivity contribution >= 4 is 11.9 Å². The molecule has 1 amide bonds. The third-order valence-corrected chi connectivity index (χ3v) is 20.0. The van der Waals surface area contributed by atoms with Crippen molar-refractivity contribution in [2.45, 2.75) is 495 Å². The monoisotopic (exact) mass is 1280 g/mol. The molecule has 3 N–H and O–H groups in total. The van der Waals surface area contributed by atoms with E-state index in [1.54, 1.807) is 0 Å². The smallest absolute Gasteiger partial charge is 0.305 e. The number of carbonyl (C=O) groups excluding carboxylic acids is 2. The predicted molar refractivity (Wildman–Crippen MR) is 403 cm³/mol. The van der Waals surface area contributed by atoms with Crippen molar-refractivity contribution in [3.8, 4) is 0 Å². The molecule has 0 bridgehead atoms. The molecule has 0 spiro atoms. The molecule has 0 saturated heterocycles. The molecule has 0 aromatic heterocycles. The highest BCUT2D eigenvalue weighted by molar-refractivity contribution is 5.76. The van der Waals surface area contributed by atoms with Crippen LogP contribution in [0.2, 0.25) is 0 Å². The Labute approximate surface area is 571 Å². The van der Waals surface area contributed by atoms with Crippen LogP contribution >= 0.6 is 0 Å². The number of esters is 1. The quantitative estimate of drug-likeness (QED) is 0.0320. The number of hydrogen-bond acceptors (Lipinski definition) is 5. The van der Waals surface area contributed by atoms with Crippen molar-refractivity contribution in [1.29, 1.82) is 0 Å². The molecule has 0 aromatic rings. The van der Waals surface area contributed by atoms with Crippen LogP contribution in [-0.4, -0.2) is 47.4 Å². The van der Waals surface area contributed by atoms with E-state index in [1.807, 2.05) is 0 Å². The minimum atomic E-state index is -0.664. The van der Waals surface area contributed by atoms with Gasteiger partial charge in [0, 0.05) is 12.8 Å². The third-order valence-electron chi connectivity index (χ3n) is 20.0. The van der Waals surface area contributed by atoms with E-state index in [9.17, 15) is 19.8 Å². The number of allylic oxidation sites excluding steroid dienone is 4. The van der Waals surface area contributed by atoms with E-state index in [0.717, 1.165) is 44.9 Å². The lowest BCUT2D eigenvalue weighted by molar-refractivity contribution is -0.143. The second-order valence-electron chi connectivity index (χ2n) is 29.2. The van der Waals surface area contributed by atoms with Crippen LogP contribution in [0, 0.1) is 0 Å². The maximum Gasteiger partial charge on any atom is 0.305 e. The van der Waals surface area contributed by atoms with Gasteiger partial charge in [-0.3, -0.25) is 9.59 Å². The zero-order chi connectivity index (χ0) is 65.6. The van der Waals surface area contributed by atoms with Crippen LogP contribution in [-0.2, 0) is 14.3 Å². The number of carbonyl (C=O) groups is 2. The molecule has 6 heteroatoms. The number of nitrogens with one attached hydrogen (secondary N) is 1. The zero-order valence-electron chi connectivity index (χ0n) is 62.1. The lowest BCUT2D eigenvalue weighted by Gasteiger charge is -2.22. The number of aliphatic hydroxyl groups excluding tert-OH is 2. The van der Waals surface area contributed by atoms with Gasteiger partial charge in [-0.25, -0.2) is 0 Å². The molecule has 0 fully saturated rings. The minimum absolute atomic E-state index is 0.0125. The molecule has 0 saturated carbocycles. The molecule has 0 heterocycles. The standard InChI is InChI=1S/C85H165NO5/c1-3-5-7-9-11-13-15-17-19-21-22-23-24-34-37-40-43-46-49-53-57-61-65-69-73-77-83(88)82(81-87)86-84(89)78-74-70-66-62-58-54-50-47-44-41-38-35-32-30-28-26-25-27-29-31-33-36-39-42-45-48-52-56-60-64-68-72-76-80-91-85(90)79-75-71-67-63-59-55-51-20-18-16-14-12-10-8-6-4-2/h20,29,31,51,82-83,87-88H,3-19,21-28,30,32-50,52-81H2,1-2H3,(H,86,89)/b31-29-,51-20-. The predicted octanol–water partition coefficient (Wildman–Crippen LogP) is 28.0. The lowest BCUT2D eigenvalue weighted by Crippen LogP contribution is -2.45. The van der Waals surface area contributed by atoms with E-state index in [0.29, 0.717) is 25.9 Å². The first kappa shape index (κ1) is 89.3. The van der Waals surface area contributed by atoms with Crippen molar-refractivity contribution < 1.29 is 24.5 Å². The summed E-state index contributed by atoms with van der Waals surface area (Å²) in [7, 11) is 0. The largest absolute Gasteiger partial charge is 0.466 e. The van der Waals surface area contributed by atoms with Gasteiger partial charge < -0.3 is 20.3 Å². The molecular weight excluding hydrogens is 1110 g/mol. The van der Waals surface area contributed by atoms with Crippen LogP contribution in [0.3, 0.4) is 0 Å². The number of hydrogen-bond donors (Lipinski definition) is 3. The normalized spacial score (nSPS) is 12.5. The van der Waals surface area contributed by atoms with Gasteiger partial charge in [-0.2, -0.15) is 0 Å². The van der Waals surface area contributed by atoms with Gasteiger partial charge in [0.25, 0.3) is 0 Å². The average Bonchev–Trinajstić information content (AvgIpc) is 3.58. The van der Waals surface area contributed by atoms with Gasteiger partial charge in [-0.15, -0.1) is 0 Å². The summed E-state index contributed by atoms with van der Waals surface area (Å²) in [5.41, 5.74) is 0. The van der Waals surface area contributed by atoms with Gasteiger partial charge in [-0.1, -0.05) is 417 Å². The second-order valence-corrected chi connectivity index (χ2v) is 29.2. The molecule has 540 valence electrons. The number of amides is 1. The topological polar surface area (TPSA) is 95.9 Å². The molecule has 0 radical (unpaired) electrons. The lowest BCUT2D eigenvalue weighted by atomic mass is 10.0. The summed E-state index contributed by atoms with van der Waals surface area (Å²) in [5.74, 6) is -0.0131. The van der Waals surface area contributed by atoms with E-state index in [2.05, 4.69) is 43.5 Å². The van der Waals surface area contributed by atoms with Gasteiger partial charge in [-0.05, 0) is 77.0 Å². The van der Waals surface area contributed by atoms with Crippen molar-refractivity contribution in [3.63, 3.8) is 0 Å². The highest BCUT2D eigenvalue weighted by atomic mass is 16.5.